The number of amidine groups is 1. The van der Waals surface area contributed by atoms with Crippen LogP contribution in [-0.2, 0) is 14.3 Å². The number of benzene rings is 1. The van der Waals surface area contributed by atoms with E-state index in [9.17, 15) is 4.79 Å². The van der Waals surface area contributed by atoms with E-state index < -0.39 is 11.0 Å². The summed E-state index contributed by atoms with van der Waals surface area (Å²) in [7, 11) is 2.03. The fourth-order valence-electron chi connectivity index (χ4n) is 2.92. The van der Waals surface area contributed by atoms with Crippen molar-refractivity contribution >= 4 is 38.8 Å². The van der Waals surface area contributed by atoms with Crippen LogP contribution in [0.5, 0.6) is 0 Å². The molecule has 4 rings (SSSR count). The molecule has 122 valence electrons. The monoisotopic (exact) mass is 398 g/mol. The Morgan fingerprint density at radius 1 is 1.43 bits per heavy atom. The van der Waals surface area contributed by atoms with Crippen LogP contribution in [0.1, 0.15) is 11.9 Å². The van der Waals surface area contributed by atoms with Crippen molar-refractivity contribution in [1.82, 2.24) is 4.90 Å². The van der Waals surface area contributed by atoms with Gasteiger partial charge in [-0.15, -0.1) is 0 Å². The van der Waals surface area contributed by atoms with Crippen molar-refractivity contribution in [1.29, 1.82) is 0 Å². The Morgan fingerprint density at radius 2 is 2.22 bits per heavy atom. The van der Waals surface area contributed by atoms with Gasteiger partial charge in [-0.2, -0.15) is 0 Å². The first-order chi connectivity index (χ1) is 11.1. The maximum Gasteiger partial charge on any atom is 0.254 e. The van der Waals surface area contributed by atoms with E-state index in [1.807, 2.05) is 31.3 Å². The quantitative estimate of drug-likeness (QED) is 0.752. The Kier molecular flexibility index (Phi) is 3.97. The third-order valence-corrected chi connectivity index (χ3v) is 5.95. The average Bonchev–Trinajstić information content (AvgIpc) is 2.81. The average molecular weight is 399 g/mol. The topological polar surface area (TPSA) is 55.6 Å². The molecule has 3 heterocycles. The van der Waals surface area contributed by atoms with Crippen molar-refractivity contribution in [3.8, 4) is 0 Å². The maximum atomic E-state index is 12.8. The normalized spacial score (nSPS) is 33.7. The van der Waals surface area contributed by atoms with Crippen molar-refractivity contribution in [3.63, 3.8) is 0 Å². The van der Waals surface area contributed by atoms with Crippen LogP contribution in [0.4, 0.5) is 0 Å². The van der Waals surface area contributed by atoms with Crippen LogP contribution in [0.2, 0.25) is 0 Å². The van der Waals surface area contributed by atoms with Crippen LogP contribution in [0.15, 0.2) is 33.7 Å². The third-order valence-electron chi connectivity index (χ3n) is 4.12. The van der Waals surface area contributed by atoms with Gasteiger partial charge in [-0.1, -0.05) is 39.8 Å². The molecule has 3 aliphatic heterocycles. The number of hydrogen-bond acceptors (Lipinski definition) is 5. The molecule has 0 radical (unpaired) electrons. The molecule has 1 unspecified atom stereocenters. The van der Waals surface area contributed by atoms with Crippen LogP contribution < -0.4 is 4.90 Å². The van der Waals surface area contributed by atoms with Gasteiger partial charge in [0.25, 0.3) is 5.91 Å². The Bertz CT molecular complexity index is 676. The SMILES string of the molecule is C[NH+]1CN=C2SC3(COC(c4cccc(Br)c4)OC3)C(=O)N2C1. The lowest BCUT2D eigenvalue weighted by atomic mass is 10.1. The molecule has 1 aromatic carbocycles. The fourth-order valence-corrected chi connectivity index (χ4v) is 4.53. The number of halogens is 1. The molecular weight excluding hydrogens is 382 g/mol. The van der Waals surface area contributed by atoms with Gasteiger partial charge in [0.1, 0.15) is 4.75 Å². The van der Waals surface area contributed by atoms with Gasteiger partial charge in [-0.3, -0.25) is 4.79 Å². The number of thioether (sulfide) groups is 1. The van der Waals surface area contributed by atoms with E-state index in [0.29, 0.717) is 26.6 Å². The van der Waals surface area contributed by atoms with Gasteiger partial charge in [-0.05, 0) is 12.1 Å². The molecule has 1 atom stereocenters. The zero-order valence-corrected chi connectivity index (χ0v) is 15.0. The van der Waals surface area contributed by atoms with Crippen LogP contribution in [-0.4, -0.2) is 54.3 Å². The molecule has 6 nitrogen and oxygen atoms in total. The standard InChI is InChI=1S/C15H16BrN3O3S/c1-18-8-17-14-19(9-18)13(20)15(23-14)6-21-12(22-7-15)10-3-2-4-11(16)5-10/h2-5,12H,6-9H2,1H3/p+1. The van der Waals surface area contributed by atoms with E-state index in [-0.39, 0.29) is 5.91 Å². The lowest BCUT2D eigenvalue weighted by Gasteiger charge is -2.34. The van der Waals surface area contributed by atoms with Crippen molar-refractivity contribution in [2.45, 2.75) is 11.0 Å². The first-order valence-electron chi connectivity index (χ1n) is 7.43. The number of quaternary nitrogens is 1. The van der Waals surface area contributed by atoms with Gasteiger partial charge in [0.15, 0.2) is 24.8 Å². The van der Waals surface area contributed by atoms with E-state index in [0.717, 1.165) is 15.2 Å². The summed E-state index contributed by atoms with van der Waals surface area (Å²) in [5.74, 6) is 0.0491. The molecule has 1 amide bonds. The molecule has 1 spiro atoms. The van der Waals surface area contributed by atoms with E-state index in [1.165, 1.54) is 16.7 Å². The summed E-state index contributed by atoms with van der Waals surface area (Å²) in [5.41, 5.74) is 0.948. The molecule has 0 aliphatic carbocycles. The largest absolute Gasteiger partial charge is 0.346 e. The molecular formula is C15H17BrN3O3S+. The molecule has 8 heteroatoms. The highest BCUT2D eigenvalue weighted by molar-refractivity contribution is 9.10. The Hall–Kier alpha value is -0.930. The minimum Gasteiger partial charge on any atom is -0.346 e. The molecule has 3 aliphatic rings. The highest BCUT2D eigenvalue weighted by atomic mass is 79.9. The predicted molar refractivity (Wildman–Crippen MR) is 90.0 cm³/mol. The smallest absolute Gasteiger partial charge is 0.254 e. The number of nitrogens with one attached hydrogen (secondary N) is 1. The van der Waals surface area contributed by atoms with E-state index in [1.54, 1.807) is 4.90 Å². The van der Waals surface area contributed by atoms with E-state index in [2.05, 4.69) is 20.9 Å². The highest BCUT2D eigenvalue weighted by Gasteiger charge is 2.56. The molecule has 1 aromatic rings. The highest BCUT2D eigenvalue weighted by Crippen LogP contribution is 2.42. The number of fused-ring (bicyclic) bond motifs is 1. The Morgan fingerprint density at radius 3 is 2.96 bits per heavy atom. The number of amides is 1. The van der Waals surface area contributed by atoms with Crippen LogP contribution >= 0.6 is 27.7 Å². The fraction of sp³-hybridized carbons (Fsp3) is 0.467. The minimum absolute atomic E-state index is 0.0491. The summed E-state index contributed by atoms with van der Waals surface area (Å²) in [4.78, 5) is 20.3. The molecule has 1 N–H and O–H groups in total. The molecule has 0 aromatic heterocycles. The molecule has 2 fully saturated rings. The number of aliphatic imine (C=N–C) groups is 1. The number of ether oxygens (including phenoxy) is 2. The van der Waals surface area contributed by atoms with Crippen molar-refractivity contribution in [2.24, 2.45) is 4.99 Å². The number of carbonyl (C=O) groups is 1. The second-order valence-corrected chi connectivity index (χ2v) is 8.32. The predicted octanol–water partition coefficient (Wildman–Crippen LogP) is 0.608. The zero-order chi connectivity index (χ0) is 16.0. The van der Waals surface area contributed by atoms with Gasteiger partial charge < -0.3 is 14.4 Å². The summed E-state index contributed by atoms with van der Waals surface area (Å²) in [6, 6.07) is 7.83. The summed E-state index contributed by atoms with van der Waals surface area (Å²) in [6.45, 7) is 2.02. The van der Waals surface area contributed by atoms with Gasteiger partial charge in [-0.25, -0.2) is 9.89 Å². The van der Waals surface area contributed by atoms with Crippen molar-refractivity contribution < 1.29 is 19.2 Å². The molecule has 2 saturated heterocycles. The van der Waals surface area contributed by atoms with E-state index >= 15 is 0 Å². The van der Waals surface area contributed by atoms with Crippen molar-refractivity contribution in [2.75, 3.05) is 33.6 Å². The van der Waals surface area contributed by atoms with Crippen LogP contribution in [0.3, 0.4) is 0 Å². The summed E-state index contributed by atoms with van der Waals surface area (Å²) in [5, 5.41) is 0.800. The first kappa shape index (κ1) is 15.6. The number of hydrogen-bond donors (Lipinski definition) is 1. The van der Waals surface area contributed by atoms with Crippen LogP contribution in [0, 0.1) is 0 Å². The number of carbonyl (C=O) groups excluding carboxylic acids is 1. The Labute approximate surface area is 146 Å². The Balaban J connectivity index is 1.50. The molecule has 23 heavy (non-hydrogen) atoms. The summed E-state index contributed by atoms with van der Waals surface area (Å²) in [6.07, 6.45) is -0.431. The maximum absolute atomic E-state index is 12.8. The second-order valence-electron chi connectivity index (χ2n) is 6.05. The van der Waals surface area contributed by atoms with Gasteiger partial charge >= 0.3 is 0 Å². The lowest BCUT2D eigenvalue weighted by Crippen LogP contribution is -3.11. The lowest BCUT2D eigenvalue weighted by molar-refractivity contribution is -0.888. The molecule has 0 bridgehead atoms. The zero-order valence-electron chi connectivity index (χ0n) is 12.6. The minimum atomic E-state index is -0.689. The van der Waals surface area contributed by atoms with Gasteiger partial charge in [0.2, 0.25) is 0 Å². The second kappa shape index (κ2) is 5.86. The first-order valence-corrected chi connectivity index (χ1v) is 9.04. The summed E-state index contributed by atoms with van der Waals surface area (Å²) >= 11 is 4.93. The number of nitrogens with zero attached hydrogens (tertiary/aromatic N) is 2. The van der Waals surface area contributed by atoms with Crippen LogP contribution in [0.25, 0.3) is 0 Å². The van der Waals surface area contributed by atoms with E-state index in [4.69, 9.17) is 9.47 Å². The van der Waals surface area contributed by atoms with Gasteiger partial charge in [0.05, 0.1) is 20.3 Å². The van der Waals surface area contributed by atoms with Gasteiger partial charge in [0, 0.05) is 10.0 Å². The van der Waals surface area contributed by atoms with Crippen molar-refractivity contribution in [3.05, 3.63) is 34.3 Å². The number of rotatable bonds is 1. The third kappa shape index (κ3) is 2.72. The molecule has 0 saturated carbocycles. The summed E-state index contributed by atoms with van der Waals surface area (Å²) < 4.78 is 12.1.